The van der Waals surface area contributed by atoms with Gasteiger partial charge >= 0.3 is 0 Å². The van der Waals surface area contributed by atoms with Crippen molar-refractivity contribution in [3.8, 4) is 0 Å². The van der Waals surface area contributed by atoms with E-state index >= 15 is 0 Å². The Morgan fingerprint density at radius 2 is 1.82 bits per heavy atom. The lowest BCUT2D eigenvalue weighted by molar-refractivity contribution is 0.700. The van der Waals surface area contributed by atoms with E-state index in [1.165, 1.54) is 16.3 Å². The standard InChI is InChI=1S/C14H13N3/c15-14-8-9-16-17(14)10-12-6-3-5-11-4-1-2-7-13(11)12/h1-9H,10,15H2. The molecule has 0 amide bonds. The average Bonchev–Trinajstić information content (AvgIpc) is 2.76. The van der Waals surface area contributed by atoms with Gasteiger partial charge in [0.15, 0.2) is 0 Å². The molecule has 3 nitrogen and oxygen atoms in total. The minimum atomic E-state index is 0.693. The molecule has 0 saturated carbocycles. The number of rotatable bonds is 2. The van der Waals surface area contributed by atoms with Crippen molar-refractivity contribution in [3.63, 3.8) is 0 Å². The molecule has 84 valence electrons. The third-order valence-corrected chi connectivity index (χ3v) is 2.95. The van der Waals surface area contributed by atoms with Crippen molar-refractivity contribution in [1.29, 1.82) is 0 Å². The van der Waals surface area contributed by atoms with Crippen LogP contribution in [0.2, 0.25) is 0 Å². The normalized spacial score (nSPS) is 10.8. The van der Waals surface area contributed by atoms with Gasteiger partial charge in [-0.15, -0.1) is 0 Å². The Morgan fingerprint density at radius 1 is 1.00 bits per heavy atom. The van der Waals surface area contributed by atoms with Crippen molar-refractivity contribution < 1.29 is 0 Å². The molecule has 3 heteroatoms. The van der Waals surface area contributed by atoms with Crippen molar-refractivity contribution in [2.75, 3.05) is 5.73 Å². The summed E-state index contributed by atoms with van der Waals surface area (Å²) in [6, 6.07) is 16.5. The summed E-state index contributed by atoms with van der Waals surface area (Å²) < 4.78 is 1.81. The Morgan fingerprint density at radius 3 is 2.65 bits per heavy atom. The van der Waals surface area contributed by atoms with E-state index in [4.69, 9.17) is 5.73 Å². The second kappa shape index (κ2) is 3.94. The molecule has 17 heavy (non-hydrogen) atoms. The summed E-state index contributed by atoms with van der Waals surface area (Å²) in [4.78, 5) is 0. The fourth-order valence-electron chi connectivity index (χ4n) is 2.07. The highest BCUT2D eigenvalue weighted by atomic mass is 15.3. The Hall–Kier alpha value is -2.29. The summed E-state index contributed by atoms with van der Waals surface area (Å²) in [7, 11) is 0. The van der Waals surface area contributed by atoms with Crippen LogP contribution in [0.15, 0.2) is 54.7 Å². The monoisotopic (exact) mass is 223 g/mol. The van der Waals surface area contributed by atoms with Crippen LogP contribution in [-0.4, -0.2) is 9.78 Å². The molecule has 0 spiro atoms. The molecule has 0 unspecified atom stereocenters. The fourth-order valence-corrected chi connectivity index (χ4v) is 2.07. The van der Waals surface area contributed by atoms with Gasteiger partial charge in [0.05, 0.1) is 12.7 Å². The number of benzene rings is 2. The minimum Gasteiger partial charge on any atom is -0.384 e. The molecule has 2 aromatic carbocycles. The third kappa shape index (κ3) is 1.76. The SMILES string of the molecule is Nc1ccnn1Cc1cccc2ccccc12. The molecule has 2 N–H and O–H groups in total. The van der Waals surface area contributed by atoms with Crippen molar-refractivity contribution >= 4 is 16.6 Å². The lowest BCUT2D eigenvalue weighted by atomic mass is 10.0. The van der Waals surface area contributed by atoms with Gasteiger partial charge in [0.2, 0.25) is 0 Å². The number of hydrogen-bond acceptors (Lipinski definition) is 2. The number of anilines is 1. The van der Waals surface area contributed by atoms with Gasteiger partial charge < -0.3 is 5.73 Å². The number of nitrogens with zero attached hydrogens (tertiary/aromatic N) is 2. The Bertz CT molecular complexity index is 650. The number of fused-ring (bicyclic) bond motifs is 1. The molecule has 0 aliphatic rings. The lowest BCUT2D eigenvalue weighted by Crippen LogP contribution is -2.05. The maximum Gasteiger partial charge on any atom is 0.122 e. The van der Waals surface area contributed by atoms with E-state index in [0.717, 1.165) is 0 Å². The van der Waals surface area contributed by atoms with Crippen LogP contribution >= 0.6 is 0 Å². The van der Waals surface area contributed by atoms with Crippen LogP contribution in [0.5, 0.6) is 0 Å². The van der Waals surface area contributed by atoms with Gasteiger partial charge in [0, 0.05) is 0 Å². The van der Waals surface area contributed by atoms with Crippen molar-refractivity contribution in [3.05, 3.63) is 60.3 Å². The van der Waals surface area contributed by atoms with Gasteiger partial charge in [-0.1, -0.05) is 42.5 Å². The largest absolute Gasteiger partial charge is 0.384 e. The molecule has 0 saturated heterocycles. The predicted molar refractivity (Wildman–Crippen MR) is 69.7 cm³/mol. The van der Waals surface area contributed by atoms with Crippen molar-refractivity contribution in [2.45, 2.75) is 6.54 Å². The van der Waals surface area contributed by atoms with Crippen LogP contribution in [0.1, 0.15) is 5.56 Å². The van der Waals surface area contributed by atoms with Gasteiger partial charge in [0.25, 0.3) is 0 Å². The van der Waals surface area contributed by atoms with Gasteiger partial charge in [0.1, 0.15) is 5.82 Å². The maximum absolute atomic E-state index is 5.83. The van der Waals surface area contributed by atoms with E-state index in [0.29, 0.717) is 12.4 Å². The molecule has 0 bridgehead atoms. The minimum absolute atomic E-state index is 0.693. The molecule has 0 fully saturated rings. The number of hydrogen-bond donors (Lipinski definition) is 1. The van der Waals surface area contributed by atoms with Crippen LogP contribution < -0.4 is 5.73 Å². The van der Waals surface area contributed by atoms with E-state index in [-0.39, 0.29) is 0 Å². The van der Waals surface area contributed by atoms with Crippen LogP contribution in [0.25, 0.3) is 10.8 Å². The number of nitrogens with two attached hydrogens (primary N) is 1. The maximum atomic E-state index is 5.83. The first kappa shape index (κ1) is 9.90. The highest BCUT2D eigenvalue weighted by molar-refractivity contribution is 5.85. The van der Waals surface area contributed by atoms with Crippen LogP contribution in [0.3, 0.4) is 0 Å². The Kier molecular flexibility index (Phi) is 2.29. The first-order chi connectivity index (χ1) is 8.34. The molecule has 0 radical (unpaired) electrons. The summed E-state index contributed by atoms with van der Waals surface area (Å²) in [5.41, 5.74) is 7.07. The van der Waals surface area contributed by atoms with E-state index in [2.05, 4.69) is 41.5 Å². The second-order valence-electron chi connectivity index (χ2n) is 4.05. The molecule has 0 aliphatic carbocycles. The van der Waals surface area contributed by atoms with Crippen molar-refractivity contribution in [1.82, 2.24) is 9.78 Å². The van der Waals surface area contributed by atoms with Crippen LogP contribution in [0, 0.1) is 0 Å². The zero-order valence-electron chi connectivity index (χ0n) is 9.38. The first-order valence-corrected chi connectivity index (χ1v) is 5.58. The van der Waals surface area contributed by atoms with Gasteiger partial charge in [-0.3, -0.25) is 0 Å². The highest BCUT2D eigenvalue weighted by Gasteiger charge is 2.03. The molecule has 1 heterocycles. The second-order valence-corrected chi connectivity index (χ2v) is 4.05. The zero-order valence-corrected chi connectivity index (χ0v) is 9.38. The molecule has 3 aromatic rings. The summed E-state index contributed by atoms with van der Waals surface area (Å²) in [5.74, 6) is 0.693. The molecule has 1 aromatic heterocycles. The Labute approximate surface area is 99.5 Å². The van der Waals surface area contributed by atoms with Gasteiger partial charge in [-0.25, -0.2) is 4.68 Å². The number of nitrogen functional groups attached to an aromatic ring is 1. The summed E-state index contributed by atoms with van der Waals surface area (Å²) in [5, 5.41) is 6.71. The number of aromatic nitrogens is 2. The molecule has 0 aliphatic heterocycles. The predicted octanol–water partition coefficient (Wildman–Crippen LogP) is 2.67. The fraction of sp³-hybridized carbons (Fsp3) is 0.0714. The lowest BCUT2D eigenvalue weighted by Gasteiger charge is -2.08. The third-order valence-electron chi connectivity index (χ3n) is 2.95. The van der Waals surface area contributed by atoms with Gasteiger partial charge in [-0.2, -0.15) is 5.10 Å². The van der Waals surface area contributed by atoms with Crippen molar-refractivity contribution in [2.24, 2.45) is 0 Å². The van der Waals surface area contributed by atoms with Crippen LogP contribution in [-0.2, 0) is 6.54 Å². The van der Waals surface area contributed by atoms with Gasteiger partial charge in [-0.05, 0) is 22.4 Å². The quantitative estimate of drug-likeness (QED) is 0.725. The summed E-state index contributed by atoms with van der Waals surface area (Å²) in [6.45, 7) is 0.709. The summed E-state index contributed by atoms with van der Waals surface area (Å²) in [6.07, 6.45) is 1.72. The van der Waals surface area contributed by atoms with Crippen LogP contribution in [0.4, 0.5) is 5.82 Å². The Balaban J connectivity index is 2.09. The van der Waals surface area contributed by atoms with E-state index in [9.17, 15) is 0 Å². The molecular formula is C14H13N3. The summed E-state index contributed by atoms with van der Waals surface area (Å²) >= 11 is 0. The topological polar surface area (TPSA) is 43.8 Å². The molecule has 3 rings (SSSR count). The van der Waals surface area contributed by atoms with E-state index in [1.54, 1.807) is 6.20 Å². The zero-order chi connectivity index (χ0) is 11.7. The average molecular weight is 223 g/mol. The smallest absolute Gasteiger partial charge is 0.122 e. The van der Waals surface area contributed by atoms with E-state index < -0.39 is 0 Å². The highest BCUT2D eigenvalue weighted by Crippen LogP contribution is 2.19. The molecule has 0 atom stereocenters. The first-order valence-electron chi connectivity index (χ1n) is 5.58. The molecular weight excluding hydrogens is 210 g/mol. The van der Waals surface area contributed by atoms with E-state index in [1.807, 2.05) is 16.8 Å².